The third kappa shape index (κ3) is 5.27. The Kier molecular flexibility index (Phi) is 7.22. The van der Waals surface area contributed by atoms with Crippen LogP contribution in [-0.2, 0) is 6.61 Å². The van der Waals surface area contributed by atoms with E-state index in [0.29, 0.717) is 24.2 Å². The molecule has 0 unspecified atom stereocenters. The van der Waals surface area contributed by atoms with E-state index in [1.54, 1.807) is 12.4 Å². The van der Waals surface area contributed by atoms with Crippen LogP contribution in [0.25, 0.3) is 0 Å². The zero-order valence-corrected chi connectivity index (χ0v) is 12.7. The zero-order valence-electron chi connectivity index (χ0n) is 12.7. The summed E-state index contributed by atoms with van der Waals surface area (Å²) in [6, 6.07) is 4.04. The SMILES string of the molecule is C.CCC[C@@H](C)Nc1nc(C)ncc1OCc1cccnn1. The van der Waals surface area contributed by atoms with E-state index in [2.05, 4.69) is 39.3 Å². The zero-order chi connectivity index (χ0) is 15.1. The molecule has 0 spiro atoms. The van der Waals surface area contributed by atoms with Gasteiger partial charge < -0.3 is 10.1 Å². The highest BCUT2D eigenvalue weighted by molar-refractivity contribution is 5.49. The van der Waals surface area contributed by atoms with Crippen molar-refractivity contribution in [1.29, 1.82) is 0 Å². The third-order valence-electron chi connectivity index (χ3n) is 2.98. The van der Waals surface area contributed by atoms with Crippen LogP contribution in [-0.4, -0.2) is 26.2 Å². The first-order chi connectivity index (χ1) is 10.2. The van der Waals surface area contributed by atoms with E-state index in [1.807, 2.05) is 19.1 Å². The Hall–Kier alpha value is -2.24. The normalized spacial score (nSPS) is 11.4. The molecule has 0 aliphatic rings. The molecular weight excluding hydrogens is 278 g/mol. The smallest absolute Gasteiger partial charge is 0.180 e. The van der Waals surface area contributed by atoms with E-state index in [0.717, 1.165) is 24.4 Å². The molecule has 120 valence electrons. The molecule has 0 fully saturated rings. The van der Waals surface area contributed by atoms with Crippen LogP contribution < -0.4 is 10.1 Å². The molecule has 0 bridgehead atoms. The topological polar surface area (TPSA) is 72.8 Å². The molecule has 0 aliphatic carbocycles. The van der Waals surface area contributed by atoms with Gasteiger partial charge in [-0.2, -0.15) is 10.2 Å². The second-order valence-electron chi connectivity index (χ2n) is 4.97. The van der Waals surface area contributed by atoms with Crippen molar-refractivity contribution in [2.75, 3.05) is 5.32 Å². The molecule has 0 amide bonds. The average Bonchev–Trinajstić information content (AvgIpc) is 2.48. The number of aromatic nitrogens is 4. The van der Waals surface area contributed by atoms with Gasteiger partial charge in [-0.1, -0.05) is 20.8 Å². The maximum absolute atomic E-state index is 5.77. The monoisotopic (exact) mass is 303 g/mol. The van der Waals surface area contributed by atoms with Gasteiger partial charge >= 0.3 is 0 Å². The van der Waals surface area contributed by atoms with Crippen LogP contribution in [0, 0.1) is 6.92 Å². The summed E-state index contributed by atoms with van der Waals surface area (Å²) >= 11 is 0. The van der Waals surface area contributed by atoms with Crippen molar-refractivity contribution >= 4 is 5.82 Å². The predicted molar refractivity (Wildman–Crippen MR) is 87.9 cm³/mol. The second-order valence-corrected chi connectivity index (χ2v) is 4.97. The highest BCUT2D eigenvalue weighted by Crippen LogP contribution is 2.23. The van der Waals surface area contributed by atoms with Gasteiger partial charge in [-0.05, 0) is 32.4 Å². The number of ether oxygens (including phenoxy) is 1. The van der Waals surface area contributed by atoms with Crippen molar-refractivity contribution in [2.24, 2.45) is 0 Å². The van der Waals surface area contributed by atoms with E-state index in [1.165, 1.54) is 0 Å². The van der Waals surface area contributed by atoms with Gasteiger partial charge in [0.25, 0.3) is 0 Å². The van der Waals surface area contributed by atoms with Crippen LogP contribution in [0.5, 0.6) is 5.75 Å². The first kappa shape index (κ1) is 17.8. The molecular formula is C16H25N5O. The minimum atomic E-state index is 0. The van der Waals surface area contributed by atoms with Gasteiger partial charge in [0.1, 0.15) is 18.1 Å². The lowest BCUT2D eigenvalue weighted by Crippen LogP contribution is -2.17. The van der Waals surface area contributed by atoms with Gasteiger partial charge in [0.15, 0.2) is 11.6 Å². The van der Waals surface area contributed by atoms with Crippen LogP contribution in [0.4, 0.5) is 5.82 Å². The molecule has 2 rings (SSSR count). The molecule has 2 aromatic heterocycles. The molecule has 0 aromatic carbocycles. The van der Waals surface area contributed by atoms with Crippen molar-refractivity contribution in [1.82, 2.24) is 20.2 Å². The minimum absolute atomic E-state index is 0. The summed E-state index contributed by atoms with van der Waals surface area (Å²) in [7, 11) is 0. The molecule has 0 saturated heterocycles. The summed E-state index contributed by atoms with van der Waals surface area (Å²) in [5, 5.41) is 11.2. The van der Waals surface area contributed by atoms with E-state index in [-0.39, 0.29) is 7.43 Å². The second kappa shape index (κ2) is 8.92. The van der Waals surface area contributed by atoms with Gasteiger partial charge in [0.2, 0.25) is 0 Å². The Balaban J connectivity index is 0.00000242. The quantitative estimate of drug-likeness (QED) is 0.845. The van der Waals surface area contributed by atoms with Gasteiger partial charge in [-0.15, -0.1) is 0 Å². The molecule has 1 N–H and O–H groups in total. The number of aryl methyl sites for hydroxylation is 1. The Morgan fingerprint density at radius 1 is 1.36 bits per heavy atom. The first-order valence-corrected chi connectivity index (χ1v) is 7.18. The molecule has 1 atom stereocenters. The number of anilines is 1. The fourth-order valence-electron chi connectivity index (χ4n) is 1.97. The molecule has 2 heterocycles. The van der Waals surface area contributed by atoms with Crippen molar-refractivity contribution in [3.8, 4) is 5.75 Å². The van der Waals surface area contributed by atoms with Gasteiger partial charge in [0, 0.05) is 12.2 Å². The van der Waals surface area contributed by atoms with Crippen molar-refractivity contribution in [2.45, 2.75) is 53.7 Å². The number of hydrogen-bond acceptors (Lipinski definition) is 6. The van der Waals surface area contributed by atoms with Crippen LogP contribution in [0.2, 0.25) is 0 Å². The van der Waals surface area contributed by atoms with Gasteiger partial charge in [-0.25, -0.2) is 9.97 Å². The third-order valence-corrected chi connectivity index (χ3v) is 2.98. The molecule has 22 heavy (non-hydrogen) atoms. The average molecular weight is 303 g/mol. The molecule has 0 radical (unpaired) electrons. The molecule has 6 nitrogen and oxygen atoms in total. The lowest BCUT2D eigenvalue weighted by Gasteiger charge is -2.16. The first-order valence-electron chi connectivity index (χ1n) is 7.18. The summed E-state index contributed by atoms with van der Waals surface area (Å²) in [4.78, 5) is 8.62. The van der Waals surface area contributed by atoms with Crippen LogP contribution in [0.3, 0.4) is 0 Å². The number of nitrogens with one attached hydrogen (secondary N) is 1. The van der Waals surface area contributed by atoms with Gasteiger partial charge in [0.05, 0.1) is 6.20 Å². The minimum Gasteiger partial charge on any atom is -0.482 e. The summed E-state index contributed by atoms with van der Waals surface area (Å²) < 4.78 is 5.77. The van der Waals surface area contributed by atoms with E-state index >= 15 is 0 Å². The summed E-state index contributed by atoms with van der Waals surface area (Å²) in [6.07, 6.45) is 5.53. The molecule has 0 saturated carbocycles. The Labute approximate surface area is 132 Å². The number of nitrogens with zero attached hydrogens (tertiary/aromatic N) is 4. The summed E-state index contributed by atoms with van der Waals surface area (Å²) in [6.45, 7) is 6.50. The summed E-state index contributed by atoms with van der Waals surface area (Å²) in [5.41, 5.74) is 0.769. The van der Waals surface area contributed by atoms with E-state index in [9.17, 15) is 0 Å². The highest BCUT2D eigenvalue weighted by Gasteiger charge is 2.10. The fraction of sp³-hybridized carbons (Fsp3) is 0.500. The van der Waals surface area contributed by atoms with Gasteiger partial charge in [-0.3, -0.25) is 0 Å². The van der Waals surface area contributed by atoms with E-state index in [4.69, 9.17) is 4.74 Å². The standard InChI is InChI=1S/C15H21N5O.CH4/c1-4-6-11(2)18-15-14(9-16-12(3)19-15)21-10-13-7-5-8-17-20-13;/h5,7-9,11H,4,6,10H2,1-3H3,(H,16,18,19);1H4/t11-;/m1./s1. The summed E-state index contributed by atoms with van der Waals surface area (Å²) in [5.74, 6) is 2.08. The Morgan fingerprint density at radius 3 is 2.86 bits per heavy atom. The fourth-order valence-corrected chi connectivity index (χ4v) is 1.97. The maximum Gasteiger partial charge on any atom is 0.180 e. The maximum atomic E-state index is 5.77. The lowest BCUT2D eigenvalue weighted by atomic mass is 10.2. The van der Waals surface area contributed by atoms with Crippen molar-refractivity contribution < 1.29 is 4.74 Å². The number of hydrogen-bond donors (Lipinski definition) is 1. The number of rotatable bonds is 7. The van der Waals surface area contributed by atoms with Crippen molar-refractivity contribution in [3.05, 3.63) is 36.0 Å². The lowest BCUT2D eigenvalue weighted by molar-refractivity contribution is 0.298. The molecule has 0 aliphatic heterocycles. The highest BCUT2D eigenvalue weighted by atomic mass is 16.5. The van der Waals surface area contributed by atoms with Crippen LogP contribution in [0.15, 0.2) is 24.5 Å². The largest absolute Gasteiger partial charge is 0.482 e. The van der Waals surface area contributed by atoms with Crippen LogP contribution >= 0.6 is 0 Å². The predicted octanol–water partition coefficient (Wildman–Crippen LogP) is 3.39. The van der Waals surface area contributed by atoms with Crippen LogP contribution in [0.1, 0.15) is 45.6 Å². The Bertz CT molecular complexity index is 562. The Morgan fingerprint density at radius 2 is 2.18 bits per heavy atom. The van der Waals surface area contributed by atoms with E-state index < -0.39 is 0 Å². The van der Waals surface area contributed by atoms with Crippen molar-refractivity contribution in [3.63, 3.8) is 0 Å². The molecule has 6 heteroatoms. The molecule has 2 aromatic rings.